The summed E-state index contributed by atoms with van der Waals surface area (Å²) in [5, 5.41) is 4.12. The van der Waals surface area contributed by atoms with Gasteiger partial charge in [-0.3, -0.25) is 4.79 Å². The van der Waals surface area contributed by atoms with Crippen LogP contribution in [0.4, 0.5) is 0 Å². The van der Waals surface area contributed by atoms with Gasteiger partial charge in [0.2, 0.25) is 5.91 Å². The first-order valence-corrected chi connectivity index (χ1v) is 7.82. The molecule has 116 valence electrons. The van der Waals surface area contributed by atoms with Crippen LogP contribution in [0.3, 0.4) is 0 Å². The highest BCUT2D eigenvalue weighted by Crippen LogP contribution is 2.39. The molecule has 0 bridgehead atoms. The van der Waals surface area contributed by atoms with Crippen LogP contribution in [-0.4, -0.2) is 30.4 Å². The van der Waals surface area contributed by atoms with Gasteiger partial charge in [0.25, 0.3) is 0 Å². The maximum Gasteiger partial charge on any atom is 0.226 e. The molecule has 0 spiro atoms. The molecule has 3 nitrogen and oxygen atoms in total. The molecule has 1 aliphatic heterocycles. The molecule has 2 fully saturated rings. The lowest BCUT2D eigenvalue weighted by atomic mass is 9.98. The second kappa shape index (κ2) is 6.99. The van der Waals surface area contributed by atoms with Crippen molar-refractivity contribution in [3.63, 3.8) is 0 Å². The first-order chi connectivity index (χ1) is 9.68. The first-order valence-electron chi connectivity index (χ1n) is 7.44. The molecular formula is C16H22Cl2N2O. The summed E-state index contributed by atoms with van der Waals surface area (Å²) in [4.78, 5) is 14.8. The topological polar surface area (TPSA) is 32.3 Å². The minimum absolute atomic E-state index is 0. The lowest BCUT2D eigenvalue weighted by Gasteiger charge is -2.38. The number of nitrogens with one attached hydrogen (secondary N) is 1. The highest BCUT2D eigenvalue weighted by molar-refractivity contribution is 6.31. The van der Waals surface area contributed by atoms with E-state index >= 15 is 0 Å². The number of rotatable bonds is 3. The molecule has 2 aliphatic rings. The van der Waals surface area contributed by atoms with E-state index < -0.39 is 0 Å². The summed E-state index contributed by atoms with van der Waals surface area (Å²) in [6, 6.07) is 7.91. The zero-order valence-corrected chi connectivity index (χ0v) is 13.8. The molecule has 1 aromatic rings. The first kappa shape index (κ1) is 16.6. The van der Waals surface area contributed by atoms with Gasteiger partial charge in [0.1, 0.15) is 0 Å². The largest absolute Gasteiger partial charge is 0.333 e. The summed E-state index contributed by atoms with van der Waals surface area (Å²) in [7, 11) is 0. The Morgan fingerprint density at radius 3 is 2.76 bits per heavy atom. The highest BCUT2D eigenvalue weighted by atomic mass is 35.5. The van der Waals surface area contributed by atoms with E-state index in [1.54, 1.807) is 0 Å². The summed E-state index contributed by atoms with van der Waals surface area (Å²) < 4.78 is 0. The molecule has 1 aliphatic carbocycles. The van der Waals surface area contributed by atoms with Crippen molar-refractivity contribution in [1.82, 2.24) is 10.2 Å². The SMILES string of the molecule is CC(C(=O)N1CCNCC1c1ccccc1Cl)C1CC1.Cl. The molecule has 0 aromatic heterocycles. The van der Waals surface area contributed by atoms with Crippen molar-refractivity contribution in [2.75, 3.05) is 19.6 Å². The Balaban J connectivity index is 0.00000161. The highest BCUT2D eigenvalue weighted by Gasteiger charge is 2.38. The molecule has 1 aromatic carbocycles. The number of piperazine rings is 1. The van der Waals surface area contributed by atoms with Crippen LogP contribution >= 0.6 is 24.0 Å². The average Bonchev–Trinajstić information content (AvgIpc) is 3.31. The minimum atomic E-state index is 0. The van der Waals surface area contributed by atoms with Gasteiger partial charge in [-0.25, -0.2) is 0 Å². The third kappa shape index (κ3) is 3.53. The van der Waals surface area contributed by atoms with E-state index in [4.69, 9.17) is 11.6 Å². The normalized spacial score (nSPS) is 23.3. The summed E-state index contributed by atoms with van der Waals surface area (Å²) in [6.45, 7) is 4.49. The Hall–Kier alpha value is -0.770. The fourth-order valence-electron chi connectivity index (χ4n) is 3.05. The number of carbonyl (C=O) groups is 1. The van der Waals surface area contributed by atoms with Crippen LogP contribution in [0, 0.1) is 11.8 Å². The van der Waals surface area contributed by atoms with Crippen molar-refractivity contribution in [3.8, 4) is 0 Å². The predicted octanol–water partition coefficient (Wildman–Crippen LogP) is 3.28. The second-order valence-electron chi connectivity index (χ2n) is 5.90. The van der Waals surface area contributed by atoms with Gasteiger partial charge in [0.15, 0.2) is 0 Å². The van der Waals surface area contributed by atoms with Crippen LogP contribution in [0.25, 0.3) is 0 Å². The van der Waals surface area contributed by atoms with Crippen molar-refractivity contribution >= 4 is 29.9 Å². The second-order valence-corrected chi connectivity index (χ2v) is 6.31. The van der Waals surface area contributed by atoms with E-state index in [0.29, 0.717) is 11.8 Å². The van der Waals surface area contributed by atoms with Crippen molar-refractivity contribution in [1.29, 1.82) is 0 Å². The fourth-order valence-corrected chi connectivity index (χ4v) is 3.31. The summed E-state index contributed by atoms with van der Waals surface area (Å²) in [5.41, 5.74) is 1.05. The van der Waals surface area contributed by atoms with E-state index in [2.05, 4.69) is 12.2 Å². The fraction of sp³-hybridized carbons (Fsp3) is 0.562. The number of nitrogens with zero attached hydrogens (tertiary/aromatic N) is 1. The van der Waals surface area contributed by atoms with Crippen molar-refractivity contribution < 1.29 is 4.79 Å². The van der Waals surface area contributed by atoms with Gasteiger partial charge in [-0.15, -0.1) is 12.4 Å². The molecular weight excluding hydrogens is 307 g/mol. The summed E-state index contributed by atoms with van der Waals surface area (Å²) in [5.74, 6) is 1.04. The van der Waals surface area contributed by atoms with E-state index in [1.807, 2.05) is 29.2 Å². The van der Waals surface area contributed by atoms with Crippen LogP contribution in [-0.2, 0) is 4.79 Å². The Morgan fingerprint density at radius 2 is 2.10 bits per heavy atom. The molecule has 5 heteroatoms. The molecule has 21 heavy (non-hydrogen) atoms. The zero-order valence-electron chi connectivity index (χ0n) is 12.2. The van der Waals surface area contributed by atoms with Gasteiger partial charge < -0.3 is 10.2 Å². The van der Waals surface area contributed by atoms with Crippen LogP contribution in [0.2, 0.25) is 5.02 Å². The molecule has 2 unspecified atom stereocenters. The third-order valence-electron chi connectivity index (χ3n) is 4.51. The number of hydrogen-bond donors (Lipinski definition) is 1. The molecule has 3 rings (SSSR count). The van der Waals surface area contributed by atoms with Gasteiger partial charge >= 0.3 is 0 Å². The van der Waals surface area contributed by atoms with Crippen LogP contribution in [0.15, 0.2) is 24.3 Å². The third-order valence-corrected chi connectivity index (χ3v) is 4.85. The summed E-state index contributed by atoms with van der Waals surface area (Å²) in [6.07, 6.45) is 2.41. The molecule has 1 saturated heterocycles. The van der Waals surface area contributed by atoms with E-state index in [0.717, 1.165) is 30.2 Å². The van der Waals surface area contributed by atoms with Crippen molar-refractivity contribution in [2.45, 2.75) is 25.8 Å². The molecule has 1 saturated carbocycles. The van der Waals surface area contributed by atoms with Crippen LogP contribution in [0.1, 0.15) is 31.4 Å². The Kier molecular flexibility index (Phi) is 5.53. The van der Waals surface area contributed by atoms with E-state index in [1.165, 1.54) is 12.8 Å². The number of benzene rings is 1. The van der Waals surface area contributed by atoms with Crippen LogP contribution < -0.4 is 5.32 Å². The lowest BCUT2D eigenvalue weighted by molar-refractivity contribution is -0.139. The maximum absolute atomic E-state index is 12.7. The van der Waals surface area contributed by atoms with Gasteiger partial charge in [-0.1, -0.05) is 36.7 Å². The molecule has 0 radical (unpaired) electrons. The molecule has 2 atom stereocenters. The zero-order chi connectivity index (χ0) is 14.1. The van der Waals surface area contributed by atoms with Gasteiger partial charge in [-0.05, 0) is 30.4 Å². The smallest absolute Gasteiger partial charge is 0.226 e. The Morgan fingerprint density at radius 1 is 1.38 bits per heavy atom. The monoisotopic (exact) mass is 328 g/mol. The number of halogens is 2. The van der Waals surface area contributed by atoms with Crippen LogP contribution in [0.5, 0.6) is 0 Å². The predicted molar refractivity (Wildman–Crippen MR) is 87.9 cm³/mol. The summed E-state index contributed by atoms with van der Waals surface area (Å²) >= 11 is 6.32. The lowest BCUT2D eigenvalue weighted by Crippen LogP contribution is -2.50. The van der Waals surface area contributed by atoms with E-state index in [9.17, 15) is 4.79 Å². The van der Waals surface area contributed by atoms with Gasteiger partial charge in [0, 0.05) is 30.6 Å². The van der Waals surface area contributed by atoms with Crippen molar-refractivity contribution in [3.05, 3.63) is 34.9 Å². The maximum atomic E-state index is 12.7. The Labute approximate surface area is 137 Å². The number of carbonyl (C=O) groups excluding carboxylic acids is 1. The Bertz CT molecular complexity index is 505. The number of amides is 1. The minimum Gasteiger partial charge on any atom is -0.333 e. The van der Waals surface area contributed by atoms with E-state index in [-0.39, 0.29) is 24.4 Å². The molecule has 1 amide bonds. The molecule has 1 heterocycles. The van der Waals surface area contributed by atoms with Gasteiger partial charge in [-0.2, -0.15) is 0 Å². The number of hydrogen-bond acceptors (Lipinski definition) is 2. The van der Waals surface area contributed by atoms with Crippen molar-refractivity contribution in [2.24, 2.45) is 11.8 Å². The average molecular weight is 329 g/mol. The molecule has 1 N–H and O–H groups in total. The quantitative estimate of drug-likeness (QED) is 0.923. The standard InChI is InChI=1S/C16H21ClN2O.ClH/c1-11(12-6-7-12)16(20)19-9-8-18-10-15(19)13-4-2-3-5-14(13)17;/h2-5,11-12,15,18H,6-10H2,1H3;1H. The van der Waals surface area contributed by atoms with Gasteiger partial charge in [0.05, 0.1) is 6.04 Å².